The van der Waals surface area contributed by atoms with Gasteiger partial charge in [0.05, 0.1) is 12.1 Å². The highest BCUT2D eigenvalue weighted by molar-refractivity contribution is 5.83. The predicted molar refractivity (Wildman–Crippen MR) is 122 cm³/mol. The minimum atomic E-state index is -0.267. The highest BCUT2D eigenvalue weighted by Crippen LogP contribution is 2.60. The van der Waals surface area contributed by atoms with E-state index in [9.17, 15) is 9.59 Å². The minimum Gasteiger partial charge on any atom is -0.450 e. The number of hydrogen-bond acceptors (Lipinski definition) is 5. The molecule has 2 saturated heterocycles. The van der Waals surface area contributed by atoms with Gasteiger partial charge in [-0.05, 0) is 62.4 Å². The van der Waals surface area contributed by atoms with E-state index in [0.29, 0.717) is 38.7 Å². The van der Waals surface area contributed by atoms with Crippen LogP contribution >= 0.6 is 0 Å². The van der Waals surface area contributed by atoms with Crippen LogP contribution in [0.15, 0.2) is 36.5 Å². The number of benzene rings is 1. The first kappa shape index (κ1) is 21.2. The second kappa shape index (κ2) is 8.70. The van der Waals surface area contributed by atoms with Crippen LogP contribution in [0.1, 0.15) is 31.7 Å². The number of ether oxygens (including phenoxy) is 1. The van der Waals surface area contributed by atoms with Crippen molar-refractivity contribution in [3.63, 3.8) is 0 Å². The first-order valence-corrected chi connectivity index (χ1v) is 11.8. The molecule has 1 aromatic heterocycles. The molecule has 0 bridgehead atoms. The largest absolute Gasteiger partial charge is 0.450 e. The van der Waals surface area contributed by atoms with Crippen molar-refractivity contribution in [2.75, 3.05) is 45.9 Å². The Morgan fingerprint density at radius 3 is 2.56 bits per heavy atom. The lowest BCUT2D eigenvalue weighted by Gasteiger charge is -2.36. The molecule has 1 saturated carbocycles. The van der Waals surface area contributed by atoms with Crippen molar-refractivity contribution >= 4 is 22.9 Å². The zero-order valence-electron chi connectivity index (χ0n) is 18.8. The summed E-state index contributed by atoms with van der Waals surface area (Å²) in [4.78, 5) is 35.6. The molecule has 2 amide bonds. The van der Waals surface area contributed by atoms with Gasteiger partial charge in [0.15, 0.2) is 0 Å². The van der Waals surface area contributed by atoms with E-state index in [1.165, 1.54) is 10.9 Å². The first-order chi connectivity index (χ1) is 15.6. The van der Waals surface area contributed by atoms with Gasteiger partial charge >= 0.3 is 6.09 Å². The van der Waals surface area contributed by atoms with E-state index in [0.717, 1.165) is 44.4 Å². The Hall–Kier alpha value is -2.67. The summed E-state index contributed by atoms with van der Waals surface area (Å²) < 4.78 is 5.08. The number of piperazine rings is 1. The van der Waals surface area contributed by atoms with Gasteiger partial charge in [-0.15, -0.1) is 0 Å². The summed E-state index contributed by atoms with van der Waals surface area (Å²) >= 11 is 0. The average molecular weight is 437 g/mol. The molecule has 170 valence electrons. The third-order valence-electron chi connectivity index (χ3n) is 7.53. The van der Waals surface area contributed by atoms with Crippen LogP contribution in [-0.2, 0) is 16.1 Å². The molecule has 32 heavy (non-hydrogen) atoms. The van der Waals surface area contributed by atoms with Crippen molar-refractivity contribution in [2.45, 2.75) is 32.7 Å². The molecule has 1 atom stereocenters. The highest BCUT2D eigenvalue weighted by atomic mass is 16.6. The number of hydrogen-bond donors (Lipinski definition) is 0. The van der Waals surface area contributed by atoms with Gasteiger partial charge in [0.25, 0.3) is 0 Å². The Labute approximate surface area is 189 Å². The Morgan fingerprint density at radius 1 is 1.06 bits per heavy atom. The van der Waals surface area contributed by atoms with Crippen LogP contribution in [0.2, 0.25) is 0 Å². The smallest absolute Gasteiger partial charge is 0.409 e. The van der Waals surface area contributed by atoms with Gasteiger partial charge in [-0.3, -0.25) is 14.7 Å². The van der Waals surface area contributed by atoms with Crippen molar-refractivity contribution in [1.82, 2.24) is 19.7 Å². The second-order valence-corrected chi connectivity index (χ2v) is 9.44. The molecule has 2 aliphatic heterocycles. The van der Waals surface area contributed by atoms with E-state index in [1.807, 2.05) is 24.1 Å². The molecular formula is C25H32N4O3. The molecule has 2 aromatic rings. The summed E-state index contributed by atoms with van der Waals surface area (Å²) in [6.07, 6.45) is 4.79. The Balaban J connectivity index is 1.11. The van der Waals surface area contributed by atoms with Crippen molar-refractivity contribution in [1.29, 1.82) is 0 Å². The third kappa shape index (κ3) is 4.18. The van der Waals surface area contributed by atoms with E-state index in [2.05, 4.69) is 34.1 Å². The zero-order valence-corrected chi connectivity index (χ0v) is 18.8. The van der Waals surface area contributed by atoms with E-state index >= 15 is 0 Å². The van der Waals surface area contributed by atoms with Gasteiger partial charge in [-0.1, -0.05) is 18.2 Å². The van der Waals surface area contributed by atoms with Gasteiger partial charge in [-0.2, -0.15) is 0 Å². The van der Waals surface area contributed by atoms with Crippen LogP contribution < -0.4 is 0 Å². The van der Waals surface area contributed by atoms with E-state index in [-0.39, 0.29) is 17.4 Å². The van der Waals surface area contributed by atoms with E-state index < -0.39 is 0 Å². The maximum absolute atomic E-state index is 13.1. The Morgan fingerprint density at radius 2 is 1.81 bits per heavy atom. The van der Waals surface area contributed by atoms with E-state index in [4.69, 9.17) is 4.74 Å². The number of nitrogens with zero attached hydrogens (tertiary/aromatic N) is 4. The lowest BCUT2D eigenvalue weighted by Crippen LogP contribution is -2.51. The number of carbonyl (C=O) groups excluding carboxylic acids is 2. The maximum Gasteiger partial charge on any atom is 0.409 e. The van der Waals surface area contributed by atoms with Gasteiger partial charge < -0.3 is 14.5 Å². The Bertz CT molecular complexity index is 994. The maximum atomic E-state index is 13.1. The molecule has 3 aliphatic rings. The molecule has 0 radical (unpaired) electrons. The fraction of sp³-hybridized carbons (Fsp3) is 0.560. The number of pyridine rings is 1. The van der Waals surface area contributed by atoms with Crippen LogP contribution in [0.25, 0.3) is 10.9 Å². The van der Waals surface area contributed by atoms with Crippen molar-refractivity contribution in [3.8, 4) is 0 Å². The van der Waals surface area contributed by atoms with Gasteiger partial charge in [0.2, 0.25) is 5.91 Å². The number of aromatic nitrogens is 1. The highest BCUT2D eigenvalue weighted by Gasteiger charge is 2.59. The van der Waals surface area contributed by atoms with Crippen LogP contribution in [-0.4, -0.2) is 77.6 Å². The van der Waals surface area contributed by atoms with Crippen LogP contribution in [0.3, 0.4) is 0 Å². The number of fused-ring (bicyclic) bond motifs is 1. The normalized spacial score (nSPS) is 22.8. The number of amides is 2. The fourth-order valence-electron chi connectivity index (χ4n) is 5.42. The summed E-state index contributed by atoms with van der Waals surface area (Å²) in [7, 11) is 0. The van der Waals surface area contributed by atoms with Crippen LogP contribution in [0.4, 0.5) is 4.79 Å². The standard InChI is InChI=1S/C25H32N4O3/c1-2-32-24(31)29-14-12-28(13-15-29)23(30)21-17-25(21)7-10-27(11-8-25)18-19-5-6-20-4-3-9-26-22(20)16-19/h3-6,9,16,21H,2,7-8,10-15,17-18H2,1H3/t21-/m0/s1. The molecule has 1 aliphatic carbocycles. The first-order valence-electron chi connectivity index (χ1n) is 11.8. The van der Waals surface area contributed by atoms with Crippen LogP contribution in [0.5, 0.6) is 0 Å². The van der Waals surface area contributed by atoms with E-state index in [1.54, 1.807) is 4.90 Å². The molecule has 0 N–H and O–H groups in total. The second-order valence-electron chi connectivity index (χ2n) is 9.44. The van der Waals surface area contributed by atoms with Gasteiger partial charge in [0, 0.05) is 50.2 Å². The minimum absolute atomic E-state index is 0.170. The van der Waals surface area contributed by atoms with Crippen molar-refractivity contribution < 1.29 is 14.3 Å². The quantitative estimate of drug-likeness (QED) is 0.737. The summed E-state index contributed by atoms with van der Waals surface area (Å²) in [6.45, 7) is 7.60. The lowest BCUT2D eigenvalue weighted by atomic mass is 9.90. The molecule has 5 rings (SSSR count). The molecule has 1 spiro atoms. The zero-order chi connectivity index (χ0) is 22.1. The summed E-state index contributed by atoms with van der Waals surface area (Å²) in [5, 5.41) is 1.18. The summed E-state index contributed by atoms with van der Waals surface area (Å²) in [5.74, 6) is 0.464. The Kier molecular flexibility index (Phi) is 5.76. The predicted octanol–water partition coefficient (Wildman–Crippen LogP) is 3.14. The molecular weight excluding hydrogens is 404 g/mol. The SMILES string of the molecule is CCOC(=O)N1CCN(C(=O)[C@@H]2CC23CCN(Cc2ccc4cccnc4c2)CC3)CC1. The average Bonchev–Trinajstić information content (AvgIpc) is 3.53. The van der Waals surface area contributed by atoms with Crippen molar-refractivity contribution in [3.05, 3.63) is 42.1 Å². The number of piperidine rings is 1. The molecule has 3 heterocycles. The summed E-state index contributed by atoms with van der Waals surface area (Å²) in [6, 6.07) is 10.6. The third-order valence-corrected chi connectivity index (χ3v) is 7.53. The van der Waals surface area contributed by atoms with Crippen molar-refractivity contribution in [2.24, 2.45) is 11.3 Å². The summed E-state index contributed by atoms with van der Waals surface area (Å²) in [5.41, 5.74) is 2.56. The van der Waals surface area contributed by atoms with Gasteiger partial charge in [0.1, 0.15) is 0 Å². The molecule has 3 fully saturated rings. The fourth-order valence-corrected chi connectivity index (χ4v) is 5.42. The molecule has 7 nitrogen and oxygen atoms in total. The number of likely N-dealkylation sites (tertiary alicyclic amines) is 1. The molecule has 1 aromatic carbocycles. The molecule has 0 unspecified atom stereocenters. The topological polar surface area (TPSA) is 66.0 Å². The lowest BCUT2D eigenvalue weighted by molar-refractivity contribution is -0.135. The number of carbonyl (C=O) groups is 2. The van der Waals surface area contributed by atoms with Gasteiger partial charge in [-0.25, -0.2) is 4.79 Å². The number of rotatable bonds is 4. The molecule has 7 heteroatoms. The monoisotopic (exact) mass is 436 g/mol. The van der Waals surface area contributed by atoms with Crippen LogP contribution in [0, 0.1) is 11.3 Å².